The summed E-state index contributed by atoms with van der Waals surface area (Å²) in [6.07, 6.45) is -0.384. The van der Waals surface area contributed by atoms with Crippen molar-refractivity contribution in [1.82, 2.24) is 10.2 Å². The lowest BCUT2D eigenvalue weighted by molar-refractivity contribution is -0.148. The second kappa shape index (κ2) is 7.17. The molecule has 0 radical (unpaired) electrons. The van der Waals surface area contributed by atoms with Crippen molar-refractivity contribution in [2.45, 2.75) is 32.4 Å². The monoisotopic (exact) mass is 318 g/mol. The second-order valence-electron chi connectivity index (χ2n) is 5.81. The van der Waals surface area contributed by atoms with Gasteiger partial charge in [0.2, 0.25) is 0 Å². The van der Waals surface area contributed by atoms with Crippen LogP contribution in [0.4, 0.5) is 13.2 Å². The lowest BCUT2D eigenvalue weighted by Gasteiger charge is -2.32. The van der Waals surface area contributed by atoms with Crippen molar-refractivity contribution in [1.29, 1.82) is 0 Å². The molecule has 1 aromatic heterocycles. The summed E-state index contributed by atoms with van der Waals surface area (Å²) in [5.74, 6) is 0.444. The highest BCUT2D eigenvalue weighted by atomic mass is 19.4. The molecule has 1 amide bonds. The Kier molecular flexibility index (Phi) is 5.50. The number of nitrogens with one attached hydrogen (secondary N) is 1. The Hall–Kier alpha value is -1.50. The van der Waals surface area contributed by atoms with E-state index in [4.69, 9.17) is 4.42 Å². The summed E-state index contributed by atoms with van der Waals surface area (Å²) in [4.78, 5) is 13.3. The maximum absolute atomic E-state index is 12.3. The highest BCUT2D eigenvalue weighted by molar-refractivity contribution is 5.92. The number of hydrogen-bond donors (Lipinski definition) is 1. The van der Waals surface area contributed by atoms with E-state index < -0.39 is 12.7 Å². The van der Waals surface area contributed by atoms with Gasteiger partial charge in [0.05, 0.1) is 12.8 Å². The first kappa shape index (κ1) is 16.9. The number of alkyl halides is 3. The SMILES string of the molecule is Cc1ccoc1C(=O)NCCC1CCN(CC(F)(F)F)CC1. The fraction of sp³-hybridized carbons (Fsp3) is 0.667. The molecule has 0 aliphatic carbocycles. The number of likely N-dealkylation sites (tertiary alicyclic amines) is 1. The molecule has 0 unspecified atom stereocenters. The van der Waals surface area contributed by atoms with E-state index in [2.05, 4.69) is 5.32 Å². The quantitative estimate of drug-likeness (QED) is 0.908. The Morgan fingerprint density at radius 3 is 2.64 bits per heavy atom. The van der Waals surface area contributed by atoms with Gasteiger partial charge in [-0.2, -0.15) is 13.2 Å². The van der Waals surface area contributed by atoms with E-state index in [1.807, 2.05) is 0 Å². The van der Waals surface area contributed by atoms with Gasteiger partial charge in [0.25, 0.3) is 5.91 Å². The normalized spacial score (nSPS) is 17.6. The molecule has 1 aromatic rings. The highest BCUT2D eigenvalue weighted by Gasteiger charge is 2.32. The van der Waals surface area contributed by atoms with Crippen LogP contribution in [0.5, 0.6) is 0 Å². The molecule has 4 nitrogen and oxygen atoms in total. The number of halogens is 3. The molecule has 124 valence electrons. The first-order valence-corrected chi connectivity index (χ1v) is 7.46. The van der Waals surface area contributed by atoms with Gasteiger partial charge >= 0.3 is 6.18 Å². The van der Waals surface area contributed by atoms with Crippen molar-refractivity contribution >= 4 is 5.91 Å². The average molecular weight is 318 g/mol. The van der Waals surface area contributed by atoms with Gasteiger partial charge < -0.3 is 9.73 Å². The molecule has 0 spiro atoms. The summed E-state index contributed by atoms with van der Waals surface area (Å²) in [5.41, 5.74) is 0.790. The summed E-state index contributed by atoms with van der Waals surface area (Å²) < 4.78 is 42.0. The summed E-state index contributed by atoms with van der Waals surface area (Å²) >= 11 is 0. The fourth-order valence-electron chi connectivity index (χ4n) is 2.76. The van der Waals surface area contributed by atoms with Gasteiger partial charge in [0.1, 0.15) is 0 Å². The van der Waals surface area contributed by atoms with E-state index in [9.17, 15) is 18.0 Å². The molecule has 2 rings (SSSR count). The van der Waals surface area contributed by atoms with Crippen molar-refractivity contribution in [2.75, 3.05) is 26.2 Å². The van der Waals surface area contributed by atoms with Gasteiger partial charge in [0.15, 0.2) is 5.76 Å². The van der Waals surface area contributed by atoms with E-state index in [1.54, 1.807) is 13.0 Å². The van der Waals surface area contributed by atoms with E-state index >= 15 is 0 Å². The molecule has 0 bridgehead atoms. The molecule has 1 saturated heterocycles. The summed E-state index contributed by atoms with van der Waals surface area (Å²) in [6, 6.07) is 1.73. The van der Waals surface area contributed by atoms with E-state index in [-0.39, 0.29) is 5.91 Å². The van der Waals surface area contributed by atoms with E-state index in [0.717, 1.165) is 24.8 Å². The number of nitrogens with zero attached hydrogens (tertiary/aromatic N) is 1. The number of hydrogen-bond acceptors (Lipinski definition) is 3. The highest BCUT2D eigenvalue weighted by Crippen LogP contribution is 2.24. The van der Waals surface area contributed by atoms with Crippen LogP contribution in [-0.2, 0) is 0 Å². The van der Waals surface area contributed by atoms with Crippen molar-refractivity contribution in [2.24, 2.45) is 5.92 Å². The number of furan rings is 1. The van der Waals surface area contributed by atoms with Crippen molar-refractivity contribution in [3.05, 3.63) is 23.7 Å². The topological polar surface area (TPSA) is 45.5 Å². The Morgan fingerprint density at radius 2 is 2.09 bits per heavy atom. The predicted octanol–water partition coefficient (Wildman–Crippen LogP) is 2.98. The van der Waals surface area contributed by atoms with Crippen LogP contribution >= 0.6 is 0 Å². The zero-order valence-electron chi connectivity index (χ0n) is 12.6. The third-order valence-electron chi connectivity index (χ3n) is 4.02. The molecule has 0 atom stereocenters. The van der Waals surface area contributed by atoms with Crippen molar-refractivity contribution < 1.29 is 22.4 Å². The average Bonchev–Trinajstić information content (AvgIpc) is 2.85. The number of carbonyl (C=O) groups excluding carboxylic acids is 1. The van der Waals surface area contributed by atoms with Gasteiger partial charge in [-0.3, -0.25) is 9.69 Å². The van der Waals surface area contributed by atoms with Gasteiger partial charge in [-0.15, -0.1) is 0 Å². The molecule has 0 saturated carbocycles. The van der Waals surface area contributed by atoms with Gasteiger partial charge in [-0.25, -0.2) is 0 Å². The van der Waals surface area contributed by atoms with Crippen LogP contribution in [0, 0.1) is 12.8 Å². The predicted molar refractivity (Wildman–Crippen MR) is 75.6 cm³/mol. The second-order valence-corrected chi connectivity index (χ2v) is 5.81. The van der Waals surface area contributed by atoms with Crippen LogP contribution in [0.2, 0.25) is 0 Å². The molecule has 1 aliphatic rings. The lowest BCUT2D eigenvalue weighted by Crippen LogP contribution is -2.40. The van der Waals surface area contributed by atoms with Crippen LogP contribution in [0.25, 0.3) is 0 Å². The Balaban J connectivity index is 1.65. The summed E-state index contributed by atoms with van der Waals surface area (Å²) in [7, 11) is 0. The summed E-state index contributed by atoms with van der Waals surface area (Å²) in [6.45, 7) is 2.43. The fourth-order valence-corrected chi connectivity index (χ4v) is 2.76. The van der Waals surface area contributed by atoms with Crippen molar-refractivity contribution in [3.63, 3.8) is 0 Å². The number of rotatable bonds is 5. The first-order valence-electron chi connectivity index (χ1n) is 7.46. The number of piperidine rings is 1. The van der Waals surface area contributed by atoms with Gasteiger partial charge in [0, 0.05) is 12.1 Å². The van der Waals surface area contributed by atoms with Crippen molar-refractivity contribution in [3.8, 4) is 0 Å². The molecule has 22 heavy (non-hydrogen) atoms. The lowest BCUT2D eigenvalue weighted by atomic mass is 9.93. The Morgan fingerprint density at radius 1 is 1.41 bits per heavy atom. The zero-order valence-corrected chi connectivity index (χ0v) is 12.6. The minimum Gasteiger partial charge on any atom is -0.459 e. The molecule has 1 N–H and O–H groups in total. The van der Waals surface area contributed by atoms with Crippen LogP contribution in [0.3, 0.4) is 0 Å². The number of carbonyl (C=O) groups is 1. The molecule has 7 heteroatoms. The third kappa shape index (κ3) is 5.05. The first-order chi connectivity index (χ1) is 10.3. The zero-order chi connectivity index (χ0) is 16.2. The minimum atomic E-state index is -4.12. The smallest absolute Gasteiger partial charge is 0.401 e. The van der Waals surface area contributed by atoms with Gasteiger partial charge in [-0.1, -0.05) is 0 Å². The van der Waals surface area contributed by atoms with Crippen LogP contribution in [-0.4, -0.2) is 43.2 Å². The number of amides is 1. The minimum absolute atomic E-state index is 0.239. The standard InChI is InChI=1S/C15H21F3N2O2/c1-11-5-9-22-13(11)14(21)19-6-2-12-3-7-20(8-4-12)10-15(16,17)18/h5,9,12H,2-4,6-8,10H2,1H3,(H,19,21). The third-order valence-corrected chi connectivity index (χ3v) is 4.02. The molecular weight excluding hydrogens is 297 g/mol. The maximum atomic E-state index is 12.3. The van der Waals surface area contributed by atoms with Crippen LogP contribution in [0.15, 0.2) is 16.7 Å². The Bertz CT molecular complexity index is 491. The van der Waals surface area contributed by atoms with Crippen LogP contribution < -0.4 is 5.32 Å². The molecular formula is C15H21F3N2O2. The van der Waals surface area contributed by atoms with E-state index in [0.29, 0.717) is 31.3 Å². The maximum Gasteiger partial charge on any atom is 0.401 e. The van der Waals surface area contributed by atoms with Crippen LogP contribution in [0.1, 0.15) is 35.4 Å². The summed E-state index contributed by atoms with van der Waals surface area (Å²) in [5, 5.41) is 2.80. The number of aryl methyl sites for hydroxylation is 1. The van der Waals surface area contributed by atoms with E-state index in [1.165, 1.54) is 11.2 Å². The molecule has 1 aliphatic heterocycles. The largest absolute Gasteiger partial charge is 0.459 e. The molecule has 1 fully saturated rings. The van der Waals surface area contributed by atoms with Gasteiger partial charge in [-0.05, 0) is 51.3 Å². The molecule has 2 heterocycles. The Labute approximate surface area is 127 Å². The molecule has 0 aromatic carbocycles.